The van der Waals surface area contributed by atoms with E-state index in [1.807, 2.05) is 31.2 Å². The summed E-state index contributed by atoms with van der Waals surface area (Å²) in [7, 11) is 3.77. The van der Waals surface area contributed by atoms with Crippen molar-refractivity contribution in [2.45, 2.75) is 19.4 Å². The Labute approximate surface area is 165 Å². The Morgan fingerprint density at radius 1 is 1.43 bits per heavy atom. The smallest absolute Gasteiger partial charge is 0.193 e. The molecule has 0 amide bonds. The molecule has 1 fully saturated rings. The topological polar surface area (TPSA) is 70.5 Å². The van der Waals surface area contributed by atoms with Crippen molar-refractivity contribution in [3.63, 3.8) is 0 Å². The molecule has 1 unspecified atom stereocenters. The summed E-state index contributed by atoms with van der Waals surface area (Å²) in [6.45, 7) is 5.25. The molecular weight excluding hydrogens is 352 g/mol. The first-order chi connectivity index (χ1) is 13.6. The number of hydrogen-bond acceptors (Lipinski definition) is 3. The third-order valence-corrected chi connectivity index (χ3v) is 5.27. The summed E-state index contributed by atoms with van der Waals surface area (Å²) in [5.74, 6) is 0.924. The van der Waals surface area contributed by atoms with E-state index in [4.69, 9.17) is 4.74 Å². The lowest BCUT2D eigenvalue weighted by Crippen LogP contribution is -2.48. The van der Waals surface area contributed by atoms with Gasteiger partial charge in [0.1, 0.15) is 6.10 Å². The third kappa shape index (κ3) is 3.89. The van der Waals surface area contributed by atoms with E-state index >= 15 is 0 Å². The Morgan fingerprint density at radius 3 is 3.11 bits per heavy atom. The summed E-state index contributed by atoms with van der Waals surface area (Å²) >= 11 is 0. The number of morpholine rings is 1. The summed E-state index contributed by atoms with van der Waals surface area (Å²) < 4.78 is 7.75. The zero-order valence-corrected chi connectivity index (χ0v) is 16.8. The van der Waals surface area contributed by atoms with Gasteiger partial charge >= 0.3 is 0 Å². The second-order valence-electron chi connectivity index (χ2n) is 7.34. The van der Waals surface area contributed by atoms with E-state index in [0.717, 1.165) is 37.6 Å². The largest absolute Gasteiger partial charge is 0.370 e. The lowest BCUT2D eigenvalue weighted by Gasteiger charge is -2.34. The van der Waals surface area contributed by atoms with Gasteiger partial charge in [0.2, 0.25) is 0 Å². The van der Waals surface area contributed by atoms with Crippen LogP contribution in [0.3, 0.4) is 0 Å². The van der Waals surface area contributed by atoms with Crippen molar-refractivity contribution < 1.29 is 4.74 Å². The summed E-state index contributed by atoms with van der Waals surface area (Å²) in [4.78, 5) is 10.1. The number of aryl methyl sites for hydroxylation is 2. The Balaban J connectivity index is 1.36. The zero-order valence-electron chi connectivity index (χ0n) is 16.8. The minimum Gasteiger partial charge on any atom is -0.370 e. The highest BCUT2D eigenvalue weighted by atomic mass is 16.5. The maximum Gasteiger partial charge on any atom is 0.193 e. The van der Waals surface area contributed by atoms with Crippen LogP contribution in [0.1, 0.15) is 22.8 Å². The molecule has 1 aliphatic rings. The number of ether oxygens (including phenoxy) is 1. The molecule has 0 spiro atoms. The minimum absolute atomic E-state index is 0.0258. The first-order valence-electron chi connectivity index (χ1n) is 9.76. The third-order valence-electron chi connectivity index (χ3n) is 5.27. The van der Waals surface area contributed by atoms with E-state index in [1.165, 1.54) is 22.0 Å². The number of H-pyrrole nitrogens is 1. The van der Waals surface area contributed by atoms with Crippen LogP contribution in [0.5, 0.6) is 0 Å². The molecule has 2 N–H and O–H groups in total. The van der Waals surface area contributed by atoms with Crippen LogP contribution in [0.25, 0.3) is 10.9 Å². The van der Waals surface area contributed by atoms with Gasteiger partial charge in [0.25, 0.3) is 0 Å². The fourth-order valence-electron chi connectivity index (χ4n) is 3.80. The zero-order chi connectivity index (χ0) is 19.5. The van der Waals surface area contributed by atoms with Crippen LogP contribution in [0.4, 0.5) is 0 Å². The monoisotopic (exact) mass is 380 g/mol. The van der Waals surface area contributed by atoms with Gasteiger partial charge in [-0.25, -0.2) is 0 Å². The van der Waals surface area contributed by atoms with Gasteiger partial charge in [0, 0.05) is 56.0 Å². The maximum atomic E-state index is 5.94. The minimum atomic E-state index is 0.0258. The van der Waals surface area contributed by atoms with E-state index in [0.29, 0.717) is 6.61 Å². The van der Waals surface area contributed by atoms with Gasteiger partial charge in [-0.2, -0.15) is 5.10 Å². The molecule has 28 heavy (non-hydrogen) atoms. The Morgan fingerprint density at radius 2 is 2.32 bits per heavy atom. The molecule has 2 aromatic heterocycles. The highest BCUT2D eigenvalue weighted by Crippen LogP contribution is 2.22. The molecule has 1 atom stereocenters. The summed E-state index contributed by atoms with van der Waals surface area (Å²) in [6.07, 6.45) is 6.98. The van der Waals surface area contributed by atoms with Crippen molar-refractivity contribution in [2.24, 2.45) is 12.0 Å². The average Bonchev–Trinajstić information content (AvgIpc) is 3.31. The molecule has 148 valence electrons. The Bertz CT molecular complexity index is 972. The van der Waals surface area contributed by atoms with Crippen molar-refractivity contribution in [3.8, 4) is 0 Å². The average molecular weight is 380 g/mol. The number of aromatic amines is 1. The fourth-order valence-corrected chi connectivity index (χ4v) is 3.80. The number of nitrogens with one attached hydrogen (secondary N) is 2. The predicted molar refractivity (Wildman–Crippen MR) is 112 cm³/mol. The van der Waals surface area contributed by atoms with Crippen molar-refractivity contribution in [2.75, 3.05) is 33.3 Å². The molecule has 1 saturated heterocycles. The molecule has 0 aliphatic carbocycles. The standard InChI is InChI=1S/C21H28N6O/c1-15-4-5-18-16(11-24-19(18)10-15)6-7-23-21(22-2)27-8-9-28-20(14-27)17-12-25-26(3)13-17/h4-5,10-13,20,24H,6-9,14H2,1-3H3,(H,22,23). The van der Waals surface area contributed by atoms with Gasteiger partial charge in [0.05, 0.1) is 19.3 Å². The van der Waals surface area contributed by atoms with Crippen molar-refractivity contribution in [3.05, 3.63) is 53.5 Å². The van der Waals surface area contributed by atoms with Crippen molar-refractivity contribution in [1.29, 1.82) is 0 Å². The van der Waals surface area contributed by atoms with Crippen LogP contribution >= 0.6 is 0 Å². The van der Waals surface area contributed by atoms with Gasteiger partial charge in [-0.05, 0) is 30.5 Å². The number of guanidine groups is 1. The second kappa shape index (κ2) is 8.06. The highest BCUT2D eigenvalue weighted by molar-refractivity contribution is 5.84. The van der Waals surface area contributed by atoms with Crippen molar-refractivity contribution in [1.82, 2.24) is 25.0 Å². The van der Waals surface area contributed by atoms with Gasteiger partial charge in [-0.3, -0.25) is 9.67 Å². The van der Waals surface area contributed by atoms with Crippen LogP contribution < -0.4 is 5.32 Å². The molecule has 4 rings (SSSR count). The maximum absolute atomic E-state index is 5.94. The van der Waals surface area contributed by atoms with Gasteiger partial charge < -0.3 is 19.9 Å². The predicted octanol–water partition coefficient (Wildman–Crippen LogP) is 2.40. The molecular formula is C21H28N6O. The number of fused-ring (bicyclic) bond motifs is 1. The lowest BCUT2D eigenvalue weighted by molar-refractivity contribution is -0.00800. The summed E-state index contributed by atoms with van der Waals surface area (Å²) in [5, 5.41) is 9.07. The van der Waals surface area contributed by atoms with E-state index in [9.17, 15) is 0 Å². The Kier molecular flexibility index (Phi) is 5.34. The normalized spacial score (nSPS) is 18.0. The number of aromatic nitrogens is 3. The van der Waals surface area contributed by atoms with Gasteiger partial charge in [-0.15, -0.1) is 0 Å². The van der Waals surface area contributed by atoms with Crippen LogP contribution in [0.15, 0.2) is 41.8 Å². The van der Waals surface area contributed by atoms with Crippen molar-refractivity contribution >= 4 is 16.9 Å². The Hall–Kier alpha value is -2.80. The molecule has 3 aromatic rings. The summed E-state index contributed by atoms with van der Waals surface area (Å²) in [5.41, 5.74) is 4.91. The molecule has 7 heteroatoms. The molecule has 1 aliphatic heterocycles. The number of aliphatic imine (C=N–C) groups is 1. The highest BCUT2D eigenvalue weighted by Gasteiger charge is 2.25. The van der Waals surface area contributed by atoms with Gasteiger partial charge in [-0.1, -0.05) is 12.1 Å². The number of benzene rings is 1. The number of hydrogen-bond donors (Lipinski definition) is 2. The first kappa shape index (κ1) is 18.6. The van der Waals surface area contributed by atoms with E-state index in [2.05, 4.69) is 56.6 Å². The van der Waals surface area contributed by atoms with E-state index < -0.39 is 0 Å². The molecule has 0 bridgehead atoms. The van der Waals surface area contributed by atoms with E-state index in [1.54, 1.807) is 0 Å². The quantitative estimate of drug-likeness (QED) is 0.539. The number of nitrogens with zero attached hydrogens (tertiary/aromatic N) is 4. The molecule has 1 aromatic carbocycles. The lowest BCUT2D eigenvalue weighted by atomic mass is 10.1. The fraction of sp³-hybridized carbons (Fsp3) is 0.429. The van der Waals surface area contributed by atoms with Crippen LogP contribution in [0, 0.1) is 6.92 Å². The van der Waals surface area contributed by atoms with Crippen LogP contribution in [-0.2, 0) is 18.2 Å². The van der Waals surface area contributed by atoms with E-state index in [-0.39, 0.29) is 6.10 Å². The first-order valence-corrected chi connectivity index (χ1v) is 9.76. The van der Waals surface area contributed by atoms with Crippen LogP contribution in [0.2, 0.25) is 0 Å². The van der Waals surface area contributed by atoms with Crippen LogP contribution in [-0.4, -0.2) is 58.9 Å². The molecule has 7 nitrogen and oxygen atoms in total. The second-order valence-corrected chi connectivity index (χ2v) is 7.34. The number of rotatable bonds is 4. The summed E-state index contributed by atoms with van der Waals surface area (Å²) in [6, 6.07) is 6.56. The SMILES string of the molecule is CN=C(NCCc1c[nH]c2cc(C)ccc12)N1CCOC(c2cnn(C)c2)C1. The molecule has 3 heterocycles. The van der Waals surface area contributed by atoms with Gasteiger partial charge in [0.15, 0.2) is 5.96 Å². The molecule has 0 radical (unpaired) electrons. The molecule has 0 saturated carbocycles.